The number of halogens is 1. The van der Waals surface area contributed by atoms with Crippen LogP contribution in [0.15, 0.2) is 24.3 Å². The summed E-state index contributed by atoms with van der Waals surface area (Å²) in [5.41, 5.74) is 0.684. The molecule has 128 valence electrons. The number of rotatable bonds is 3. The molecule has 0 aliphatic heterocycles. The van der Waals surface area contributed by atoms with Crippen molar-refractivity contribution in [2.75, 3.05) is 0 Å². The summed E-state index contributed by atoms with van der Waals surface area (Å²) in [6, 6.07) is 7.33. The van der Waals surface area contributed by atoms with Crippen molar-refractivity contribution in [2.45, 2.75) is 50.6 Å². The van der Waals surface area contributed by atoms with E-state index in [0.29, 0.717) is 5.02 Å². The molecule has 1 aromatic rings. The van der Waals surface area contributed by atoms with E-state index in [0.717, 1.165) is 42.6 Å². The molecular weight excluding hydrogens is 324 g/mol. The normalized spacial score (nSPS) is 33.3. The molecule has 0 spiro atoms. The molecule has 4 nitrogen and oxygen atoms in total. The number of carbonyl (C=O) groups is 2. The number of hydrogen-bond donors (Lipinski definition) is 2. The zero-order valence-corrected chi connectivity index (χ0v) is 14.4. The fraction of sp³-hybridized carbons (Fsp3) is 0.579. The Kier molecular flexibility index (Phi) is 4.03. The summed E-state index contributed by atoms with van der Waals surface area (Å²) in [6.07, 6.45) is 7.07. The molecule has 2 amide bonds. The molecule has 4 aliphatic rings. The Hall–Kier alpha value is -1.55. The highest BCUT2D eigenvalue weighted by molar-refractivity contribution is 6.35. The lowest BCUT2D eigenvalue weighted by Gasteiger charge is -2.56. The predicted octanol–water partition coefficient (Wildman–Crippen LogP) is 3.04. The van der Waals surface area contributed by atoms with Crippen LogP contribution in [-0.2, 0) is 16.1 Å². The molecule has 2 N–H and O–H groups in total. The molecule has 24 heavy (non-hydrogen) atoms. The van der Waals surface area contributed by atoms with Crippen LogP contribution in [-0.4, -0.2) is 17.4 Å². The molecule has 0 aromatic heterocycles. The maximum atomic E-state index is 12.4. The van der Waals surface area contributed by atoms with E-state index in [1.165, 1.54) is 19.3 Å². The quantitative estimate of drug-likeness (QED) is 0.826. The van der Waals surface area contributed by atoms with Gasteiger partial charge in [0.15, 0.2) is 0 Å². The maximum absolute atomic E-state index is 12.4. The van der Waals surface area contributed by atoms with Gasteiger partial charge in [-0.3, -0.25) is 9.59 Å². The van der Waals surface area contributed by atoms with Crippen LogP contribution in [0.5, 0.6) is 0 Å². The van der Waals surface area contributed by atoms with Crippen LogP contribution in [0.3, 0.4) is 0 Å². The lowest BCUT2D eigenvalue weighted by molar-refractivity contribution is -0.142. The average Bonchev–Trinajstić information content (AvgIpc) is 2.52. The zero-order chi connectivity index (χ0) is 16.7. The Morgan fingerprint density at radius 3 is 2.17 bits per heavy atom. The summed E-state index contributed by atoms with van der Waals surface area (Å²) in [6.45, 7) is 0.271. The molecule has 4 saturated carbocycles. The SMILES string of the molecule is O=C(NCc1ccccc1Cl)C(=O)NC12CC3CC(CC(C3)C1)C2. The van der Waals surface area contributed by atoms with Gasteiger partial charge in [-0.2, -0.15) is 0 Å². The first kappa shape index (κ1) is 15.9. The van der Waals surface area contributed by atoms with Crippen molar-refractivity contribution in [3.05, 3.63) is 34.9 Å². The highest BCUT2D eigenvalue weighted by atomic mass is 35.5. The van der Waals surface area contributed by atoms with Gasteiger partial charge in [-0.05, 0) is 67.9 Å². The van der Waals surface area contributed by atoms with Crippen molar-refractivity contribution in [1.29, 1.82) is 0 Å². The van der Waals surface area contributed by atoms with Crippen LogP contribution in [0.1, 0.15) is 44.1 Å². The Labute approximate surface area is 147 Å². The lowest BCUT2D eigenvalue weighted by atomic mass is 9.53. The maximum Gasteiger partial charge on any atom is 0.309 e. The summed E-state index contributed by atoms with van der Waals surface area (Å²) >= 11 is 6.08. The van der Waals surface area contributed by atoms with Crippen molar-refractivity contribution in [2.24, 2.45) is 17.8 Å². The fourth-order valence-electron chi connectivity index (χ4n) is 5.46. The highest BCUT2D eigenvalue weighted by Gasteiger charge is 2.51. The molecule has 5 rings (SSSR count). The van der Waals surface area contributed by atoms with Gasteiger partial charge in [-0.15, -0.1) is 0 Å². The van der Waals surface area contributed by atoms with E-state index in [4.69, 9.17) is 11.6 Å². The van der Waals surface area contributed by atoms with E-state index in [9.17, 15) is 9.59 Å². The van der Waals surface area contributed by atoms with Gasteiger partial charge in [0.25, 0.3) is 0 Å². The zero-order valence-electron chi connectivity index (χ0n) is 13.7. The summed E-state index contributed by atoms with van der Waals surface area (Å²) < 4.78 is 0. The van der Waals surface area contributed by atoms with Gasteiger partial charge >= 0.3 is 11.8 Å². The fourth-order valence-corrected chi connectivity index (χ4v) is 5.66. The Balaban J connectivity index is 1.36. The Bertz CT molecular complexity index is 638. The second-order valence-corrected chi connectivity index (χ2v) is 8.33. The molecule has 0 radical (unpaired) electrons. The van der Waals surface area contributed by atoms with Gasteiger partial charge in [-0.25, -0.2) is 0 Å². The first-order valence-corrected chi connectivity index (χ1v) is 9.24. The molecule has 4 fully saturated rings. The molecule has 5 heteroatoms. The molecule has 0 heterocycles. The molecule has 0 unspecified atom stereocenters. The number of benzene rings is 1. The topological polar surface area (TPSA) is 58.2 Å². The van der Waals surface area contributed by atoms with Crippen LogP contribution in [0.2, 0.25) is 5.02 Å². The third kappa shape index (κ3) is 3.04. The van der Waals surface area contributed by atoms with E-state index in [1.807, 2.05) is 18.2 Å². The van der Waals surface area contributed by atoms with Crippen LogP contribution in [0.4, 0.5) is 0 Å². The monoisotopic (exact) mass is 346 g/mol. The van der Waals surface area contributed by atoms with E-state index >= 15 is 0 Å². The minimum Gasteiger partial charge on any atom is -0.344 e. The van der Waals surface area contributed by atoms with E-state index < -0.39 is 11.8 Å². The van der Waals surface area contributed by atoms with Crippen LogP contribution in [0.25, 0.3) is 0 Å². The third-order valence-corrected chi connectivity index (χ3v) is 6.39. The Morgan fingerprint density at radius 1 is 1.00 bits per heavy atom. The molecule has 1 aromatic carbocycles. The number of hydrogen-bond acceptors (Lipinski definition) is 2. The largest absolute Gasteiger partial charge is 0.344 e. The van der Waals surface area contributed by atoms with Crippen molar-refractivity contribution >= 4 is 23.4 Å². The van der Waals surface area contributed by atoms with Crippen molar-refractivity contribution in [3.8, 4) is 0 Å². The lowest BCUT2D eigenvalue weighted by Crippen LogP contribution is -2.61. The minimum absolute atomic E-state index is 0.131. The van der Waals surface area contributed by atoms with Crippen LogP contribution < -0.4 is 10.6 Å². The molecular formula is C19H23ClN2O2. The first-order valence-electron chi connectivity index (χ1n) is 8.87. The van der Waals surface area contributed by atoms with E-state index in [1.54, 1.807) is 6.07 Å². The van der Waals surface area contributed by atoms with Gasteiger partial charge in [0.2, 0.25) is 0 Å². The van der Waals surface area contributed by atoms with Gasteiger partial charge in [-0.1, -0.05) is 29.8 Å². The second kappa shape index (κ2) is 6.07. The molecule has 0 saturated heterocycles. The highest BCUT2D eigenvalue weighted by Crippen LogP contribution is 2.55. The standard InChI is InChI=1S/C19H23ClN2O2/c20-16-4-2-1-3-15(16)11-21-17(23)18(24)22-19-8-12-5-13(9-19)7-14(6-12)10-19/h1-4,12-14H,5-11H2,(H,21,23)(H,22,24). The van der Waals surface area contributed by atoms with Crippen molar-refractivity contribution in [3.63, 3.8) is 0 Å². The summed E-state index contributed by atoms with van der Waals surface area (Å²) in [7, 11) is 0. The van der Waals surface area contributed by atoms with Gasteiger partial charge in [0.1, 0.15) is 0 Å². The summed E-state index contributed by atoms with van der Waals surface area (Å²) in [4.78, 5) is 24.6. The summed E-state index contributed by atoms with van der Waals surface area (Å²) in [5, 5.41) is 6.37. The van der Waals surface area contributed by atoms with E-state index in [-0.39, 0.29) is 12.1 Å². The molecule has 4 bridgehead atoms. The number of amides is 2. The van der Waals surface area contributed by atoms with Crippen molar-refractivity contribution < 1.29 is 9.59 Å². The predicted molar refractivity (Wildman–Crippen MR) is 92.3 cm³/mol. The molecule has 4 aliphatic carbocycles. The van der Waals surface area contributed by atoms with Crippen molar-refractivity contribution in [1.82, 2.24) is 10.6 Å². The smallest absolute Gasteiger partial charge is 0.309 e. The molecule has 0 atom stereocenters. The second-order valence-electron chi connectivity index (χ2n) is 7.93. The summed E-state index contributed by atoms with van der Waals surface area (Å²) in [5.74, 6) is 1.16. The van der Waals surface area contributed by atoms with Crippen LogP contribution in [0, 0.1) is 17.8 Å². The minimum atomic E-state index is -0.564. The van der Waals surface area contributed by atoms with E-state index in [2.05, 4.69) is 10.6 Å². The average molecular weight is 347 g/mol. The van der Waals surface area contributed by atoms with Gasteiger partial charge < -0.3 is 10.6 Å². The van der Waals surface area contributed by atoms with Gasteiger partial charge in [0.05, 0.1) is 0 Å². The number of carbonyl (C=O) groups excluding carboxylic acids is 2. The van der Waals surface area contributed by atoms with Gasteiger partial charge in [0, 0.05) is 17.1 Å². The Morgan fingerprint density at radius 2 is 1.58 bits per heavy atom. The first-order chi connectivity index (χ1) is 11.5. The van der Waals surface area contributed by atoms with Crippen LogP contribution >= 0.6 is 11.6 Å². The number of nitrogens with one attached hydrogen (secondary N) is 2. The third-order valence-electron chi connectivity index (χ3n) is 6.02.